The Morgan fingerprint density at radius 1 is 0.952 bits per heavy atom. The summed E-state index contributed by atoms with van der Waals surface area (Å²) >= 11 is 0. The zero-order valence-electron chi connectivity index (χ0n) is 12.2. The lowest BCUT2D eigenvalue weighted by atomic mass is 10.1. The number of hydrogen-bond acceptors (Lipinski definition) is 4. The van der Waals surface area contributed by atoms with Crippen molar-refractivity contribution >= 4 is 5.78 Å². The molecule has 4 nitrogen and oxygen atoms in total. The van der Waals surface area contributed by atoms with E-state index in [0.29, 0.717) is 23.7 Å². The van der Waals surface area contributed by atoms with Crippen LogP contribution >= 0.6 is 0 Å². The molecule has 0 amide bonds. The van der Waals surface area contributed by atoms with Gasteiger partial charge in [0.05, 0.1) is 20.8 Å². The lowest BCUT2D eigenvalue weighted by Crippen LogP contribution is -2.09. The smallest absolute Gasteiger partial charge is 0.188 e. The largest absolute Gasteiger partial charge is 0.493 e. The first-order valence-electron chi connectivity index (χ1n) is 6.61. The van der Waals surface area contributed by atoms with E-state index in [1.54, 1.807) is 25.3 Å². The highest BCUT2D eigenvalue weighted by Gasteiger charge is 2.10. The summed E-state index contributed by atoms with van der Waals surface area (Å²) in [7, 11) is 3.10. The van der Waals surface area contributed by atoms with Crippen LogP contribution in [-0.2, 0) is 11.3 Å². The number of benzene rings is 2. The van der Waals surface area contributed by atoms with Crippen LogP contribution in [0.5, 0.6) is 11.5 Å². The predicted octanol–water partition coefficient (Wildman–Crippen LogP) is 3.10. The van der Waals surface area contributed by atoms with E-state index in [0.717, 1.165) is 5.56 Å². The topological polar surface area (TPSA) is 44.8 Å². The number of carbonyl (C=O) groups is 1. The van der Waals surface area contributed by atoms with Gasteiger partial charge in [-0.25, -0.2) is 0 Å². The number of Topliss-reactive ketones (excluding diaryl/α,β-unsaturated/α-hetero) is 1. The van der Waals surface area contributed by atoms with Gasteiger partial charge in [0.1, 0.15) is 6.61 Å². The molecule has 0 saturated heterocycles. The molecular weight excluding hydrogens is 268 g/mol. The Balaban J connectivity index is 1.94. The van der Waals surface area contributed by atoms with Gasteiger partial charge in [-0.2, -0.15) is 0 Å². The van der Waals surface area contributed by atoms with Crippen molar-refractivity contribution in [3.63, 3.8) is 0 Å². The van der Waals surface area contributed by atoms with Crippen LogP contribution in [-0.4, -0.2) is 26.6 Å². The Morgan fingerprint density at radius 3 is 2.33 bits per heavy atom. The maximum atomic E-state index is 12.1. The monoisotopic (exact) mass is 286 g/mol. The molecule has 0 atom stereocenters. The summed E-state index contributed by atoms with van der Waals surface area (Å²) < 4.78 is 15.8. The summed E-state index contributed by atoms with van der Waals surface area (Å²) in [4.78, 5) is 12.1. The molecule has 0 unspecified atom stereocenters. The van der Waals surface area contributed by atoms with Gasteiger partial charge in [-0.05, 0) is 23.8 Å². The van der Waals surface area contributed by atoms with Crippen molar-refractivity contribution in [2.45, 2.75) is 6.61 Å². The second-order valence-corrected chi connectivity index (χ2v) is 4.47. The fourth-order valence-corrected chi connectivity index (χ4v) is 1.93. The summed E-state index contributed by atoms with van der Waals surface area (Å²) in [6, 6.07) is 14.8. The van der Waals surface area contributed by atoms with Crippen LogP contribution in [0.25, 0.3) is 0 Å². The minimum atomic E-state index is -0.0908. The molecular formula is C17H18O4. The van der Waals surface area contributed by atoms with Gasteiger partial charge in [0.15, 0.2) is 17.3 Å². The maximum absolute atomic E-state index is 12.1. The van der Waals surface area contributed by atoms with Gasteiger partial charge in [-0.3, -0.25) is 4.79 Å². The molecule has 2 rings (SSSR count). The van der Waals surface area contributed by atoms with Gasteiger partial charge in [-0.1, -0.05) is 30.3 Å². The van der Waals surface area contributed by atoms with Crippen molar-refractivity contribution < 1.29 is 19.0 Å². The molecule has 0 aliphatic rings. The molecule has 0 radical (unpaired) electrons. The molecule has 0 bridgehead atoms. The predicted molar refractivity (Wildman–Crippen MR) is 80.0 cm³/mol. The molecule has 2 aromatic rings. The minimum absolute atomic E-state index is 0.0321. The number of methoxy groups -OCH3 is 2. The molecule has 0 saturated carbocycles. The maximum Gasteiger partial charge on any atom is 0.188 e. The Morgan fingerprint density at radius 2 is 1.67 bits per heavy atom. The first-order valence-corrected chi connectivity index (χ1v) is 6.61. The van der Waals surface area contributed by atoms with Gasteiger partial charge in [-0.15, -0.1) is 0 Å². The summed E-state index contributed by atoms with van der Waals surface area (Å²) in [6.07, 6.45) is 0. The molecule has 2 aromatic carbocycles. The first kappa shape index (κ1) is 15.1. The van der Waals surface area contributed by atoms with Crippen LogP contribution < -0.4 is 9.47 Å². The number of hydrogen-bond donors (Lipinski definition) is 0. The zero-order chi connectivity index (χ0) is 15.1. The molecule has 0 aliphatic carbocycles. The highest BCUT2D eigenvalue weighted by Crippen LogP contribution is 2.27. The summed E-state index contributed by atoms with van der Waals surface area (Å²) in [5.41, 5.74) is 1.58. The van der Waals surface area contributed by atoms with Gasteiger partial charge in [0, 0.05) is 5.56 Å². The van der Waals surface area contributed by atoms with Crippen molar-refractivity contribution in [3.05, 3.63) is 59.7 Å². The molecule has 0 heterocycles. The molecule has 0 spiro atoms. The van der Waals surface area contributed by atoms with E-state index in [4.69, 9.17) is 14.2 Å². The normalized spacial score (nSPS) is 10.2. The zero-order valence-corrected chi connectivity index (χ0v) is 12.2. The Labute approximate surface area is 124 Å². The van der Waals surface area contributed by atoms with Crippen LogP contribution in [0.3, 0.4) is 0 Å². The molecule has 4 heteroatoms. The van der Waals surface area contributed by atoms with Crippen molar-refractivity contribution in [3.8, 4) is 11.5 Å². The van der Waals surface area contributed by atoms with E-state index < -0.39 is 0 Å². The molecule has 21 heavy (non-hydrogen) atoms. The summed E-state index contributed by atoms with van der Waals surface area (Å²) in [5.74, 6) is 1.04. The third-order valence-corrected chi connectivity index (χ3v) is 3.05. The molecule has 110 valence electrons. The number of carbonyl (C=O) groups excluding carboxylic acids is 1. The average molecular weight is 286 g/mol. The van der Waals surface area contributed by atoms with Crippen molar-refractivity contribution in [2.75, 3.05) is 20.8 Å². The quantitative estimate of drug-likeness (QED) is 0.734. The minimum Gasteiger partial charge on any atom is -0.493 e. The standard InChI is InChI=1S/C17H18O4/c1-19-16-9-8-14(10-17(16)20-2)15(18)12-21-11-13-6-4-3-5-7-13/h3-10H,11-12H2,1-2H3. The van der Waals surface area contributed by atoms with E-state index in [2.05, 4.69) is 0 Å². The van der Waals surface area contributed by atoms with Gasteiger partial charge < -0.3 is 14.2 Å². The first-order chi connectivity index (χ1) is 10.2. The van der Waals surface area contributed by atoms with Gasteiger partial charge in [0.2, 0.25) is 0 Å². The fourth-order valence-electron chi connectivity index (χ4n) is 1.93. The van der Waals surface area contributed by atoms with Crippen LogP contribution in [0.1, 0.15) is 15.9 Å². The van der Waals surface area contributed by atoms with Crippen molar-refractivity contribution in [2.24, 2.45) is 0 Å². The SMILES string of the molecule is COc1ccc(C(=O)COCc2ccccc2)cc1OC. The average Bonchev–Trinajstić information content (AvgIpc) is 2.55. The lowest BCUT2D eigenvalue weighted by molar-refractivity contribution is 0.0726. The van der Waals surface area contributed by atoms with E-state index in [1.807, 2.05) is 30.3 Å². The third-order valence-electron chi connectivity index (χ3n) is 3.05. The van der Waals surface area contributed by atoms with Crippen LogP contribution in [0.4, 0.5) is 0 Å². The fraction of sp³-hybridized carbons (Fsp3) is 0.235. The summed E-state index contributed by atoms with van der Waals surface area (Å²) in [5, 5.41) is 0. The van der Waals surface area contributed by atoms with Gasteiger partial charge >= 0.3 is 0 Å². The molecule has 0 fully saturated rings. The third kappa shape index (κ3) is 4.07. The Bertz CT molecular complexity index is 593. The van der Waals surface area contributed by atoms with Crippen molar-refractivity contribution in [1.29, 1.82) is 0 Å². The van der Waals surface area contributed by atoms with Crippen LogP contribution in [0, 0.1) is 0 Å². The second-order valence-electron chi connectivity index (χ2n) is 4.47. The van der Waals surface area contributed by atoms with Crippen LogP contribution in [0.15, 0.2) is 48.5 Å². The van der Waals surface area contributed by atoms with Gasteiger partial charge in [0.25, 0.3) is 0 Å². The van der Waals surface area contributed by atoms with E-state index in [1.165, 1.54) is 7.11 Å². The van der Waals surface area contributed by atoms with E-state index >= 15 is 0 Å². The summed E-state index contributed by atoms with van der Waals surface area (Å²) in [6.45, 7) is 0.449. The number of ketones is 1. The molecule has 0 N–H and O–H groups in total. The highest BCUT2D eigenvalue weighted by molar-refractivity contribution is 5.97. The lowest BCUT2D eigenvalue weighted by Gasteiger charge is -2.09. The van der Waals surface area contributed by atoms with Crippen molar-refractivity contribution in [1.82, 2.24) is 0 Å². The highest BCUT2D eigenvalue weighted by atomic mass is 16.5. The van der Waals surface area contributed by atoms with E-state index in [-0.39, 0.29) is 12.4 Å². The van der Waals surface area contributed by atoms with Crippen LogP contribution in [0.2, 0.25) is 0 Å². The molecule has 0 aromatic heterocycles. The van der Waals surface area contributed by atoms with E-state index in [9.17, 15) is 4.79 Å². The molecule has 0 aliphatic heterocycles. The number of ether oxygens (including phenoxy) is 3. The Kier molecular flexibility index (Phi) is 5.35. The second kappa shape index (κ2) is 7.45. The number of rotatable bonds is 7. The Hall–Kier alpha value is -2.33.